The molecule has 0 saturated heterocycles. The van der Waals surface area contributed by atoms with E-state index in [0.29, 0.717) is 6.54 Å². The Morgan fingerprint density at radius 3 is 2.79 bits per heavy atom. The number of ether oxygens (including phenoxy) is 1. The van der Waals surface area contributed by atoms with E-state index in [1.54, 1.807) is 11.8 Å². The largest absolute Gasteiger partial charge is 0.380 e. The summed E-state index contributed by atoms with van der Waals surface area (Å²) in [6, 6.07) is 0.147. The van der Waals surface area contributed by atoms with E-state index < -0.39 is 0 Å². The van der Waals surface area contributed by atoms with Crippen molar-refractivity contribution in [3.05, 3.63) is 5.82 Å². The maximum Gasteiger partial charge on any atom is 0.168 e. The van der Waals surface area contributed by atoms with E-state index in [9.17, 15) is 0 Å². The summed E-state index contributed by atoms with van der Waals surface area (Å²) in [4.78, 5) is 0. The molecular weight excluding hydrogens is 182 g/mol. The number of nitrogens with zero attached hydrogens (tertiary/aromatic N) is 4. The van der Waals surface area contributed by atoms with E-state index in [2.05, 4.69) is 20.8 Å². The van der Waals surface area contributed by atoms with Gasteiger partial charge in [0.25, 0.3) is 0 Å². The van der Waals surface area contributed by atoms with Crippen molar-refractivity contribution < 1.29 is 4.74 Å². The van der Waals surface area contributed by atoms with Crippen LogP contribution in [0.15, 0.2) is 0 Å². The highest BCUT2D eigenvalue weighted by atomic mass is 16.5. The van der Waals surface area contributed by atoms with Crippen molar-refractivity contribution in [3.8, 4) is 0 Å². The standard InChI is InChI=1S/C8H17N5O/c1-6(14-4)5-13-8(7(2)9-3)10-11-12-13/h6-7,9H,5H2,1-4H3. The van der Waals surface area contributed by atoms with E-state index in [1.165, 1.54) is 0 Å². The molecule has 0 amide bonds. The Labute approximate surface area is 83.6 Å². The third-order valence-electron chi connectivity index (χ3n) is 2.21. The van der Waals surface area contributed by atoms with E-state index in [-0.39, 0.29) is 12.1 Å². The Morgan fingerprint density at radius 2 is 2.21 bits per heavy atom. The van der Waals surface area contributed by atoms with Gasteiger partial charge in [-0.1, -0.05) is 0 Å². The smallest absolute Gasteiger partial charge is 0.168 e. The number of methoxy groups -OCH3 is 1. The quantitative estimate of drug-likeness (QED) is 0.722. The third-order valence-corrected chi connectivity index (χ3v) is 2.21. The second-order valence-electron chi connectivity index (χ2n) is 3.28. The first-order valence-electron chi connectivity index (χ1n) is 4.65. The van der Waals surface area contributed by atoms with Crippen molar-refractivity contribution in [2.24, 2.45) is 0 Å². The molecule has 2 unspecified atom stereocenters. The third kappa shape index (κ3) is 2.49. The summed E-state index contributed by atoms with van der Waals surface area (Å²) in [6.45, 7) is 4.67. The molecule has 0 spiro atoms. The van der Waals surface area contributed by atoms with Crippen molar-refractivity contribution in [2.45, 2.75) is 32.5 Å². The fourth-order valence-corrected chi connectivity index (χ4v) is 1.10. The van der Waals surface area contributed by atoms with Crippen LogP contribution in [0.1, 0.15) is 25.7 Å². The Balaban J connectivity index is 2.72. The normalized spacial score (nSPS) is 15.4. The van der Waals surface area contributed by atoms with Gasteiger partial charge in [0, 0.05) is 7.11 Å². The molecule has 0 aliphatic carbocycles. The van der Waals surface area contributed by atoms with Crippen LogP contribution in [-0.4, -0.2) is 40.5 Å². The molecule has 0 aliphatic heterocycles. The summed E-state index contributed by atoms with van der Waals surface area (Å²) in [5.41, 5.74) is 0. The first-order valence-corrected chi connectivity index (χ1v) is 4.65. The predicted molar refractivity (Wildman–Crippen MR) is 51.8 cm³/mol. The summed E-state index contributed by atoms with van der Waals surface area (Å²) < 4.78 is 6.91. The zero-order valence-corrected chi connectivity index (χ0v) is 9.06. The molecule has 14 heavy (non-hydrogen) atoms. The summed E-state index contributed by atoms with van der Waals surface area (Å²) in [5.74, 6) is 0.830. The number of tetrazole rings is 1. The summed E-state index contributed by atoms with van der Waals surface area (Å²) in [7, 11) is 3.56. The van der Waals surface area contributed by atoms with Gasteiger partial charge in [-0.25, -0.2) is 4.68 Å². The number of hydrogen-bond acceptors (Lipinski definition) is 5. The summed E-state index contributed by atoms with van der Waals surface area (Å²) >= 11 is 0. The van der Waals surface area contributed by atoms with Crippen LogP contribution in [0.3, 0.4) is 0 Å². The van der Waals surface area contributed by atoms with Crippen LogP contribution in [-0.2, 0) is 11.3 Å². The molecule has 6 heteroatoms. The lowest BCUT2D eigenvalue weighted by molar-refractivity contribution is 0.0979. The van der Waals surface area contributed by atoms with Crippen LogP contribution in [0.4, 0.5) is 0 Å². The Bertz CT molecular complexity index is 274. The van der Waals surface area contributed by atoms with Crippen LogP contribution in [0.25, 0.3) is 0 Å². The second kappa shape index (κ2) is 5.02. The van der Waals surface area contributed by atoms with Crippen LogP contribution in [0.2, 0.25) is 0 Å². The highest BCUT2D eigenvalue weighted by molar-refractivity contribution is 4.89. The molecule has 0 aromatic carbocycles. The first-order chi connectivity index (χ1) is 6.69. The van der Waals surface area contributed by atoms with Crippen LogP contribution >= 0.6 is 0 Å². The highest BCUT2D eigenvalue weighted by Crippen LogP contribution is 2.07. The van der Waals surface area contributed by atoms with Gasteiger partial charge < -0.3 is 10.1 Å². The summed E-state index contributed by atoms with van der Waals surface area (Å²) in [6.07, 6.45) is 0.112. The van der Waals surface area contributed by atoms with Gasteiger partial charge in [0.2, 0.25) is 0 Å². The molecule has 1 N–H and O–H groups in total. The van der Waals surface area contributed by atoms with Gasteiger partial charge in [0.1, 0.15) is 0 Å². The van der Waals surface area contributed by atoms with Gasteiger partial charge in [0.15, 0.2) is 5.82 Å². The lowest BCUT2D eigenvalue weighted by Gasteiger charge is -2.13. The molecule has 1 rings (SSSR count). The lowest BCUT2D eigenvalue weighted by atomic mass is 10.3. The van der Waals surface area contributed by atoms with Gasteiger partial charge in [-0.05, 0) is 31.3 Å². The van der Waals surface area contributed by atoms with Crippen LogP contribution in [0, 0.1) is 0 Å². The number of aromatic nitrogens is 4. The topological polar surface area (TPSA) is 64.9 Å². The lowest BCUT2D eigenvalue weighted by Crippen LogP contribution is -2.23. The van der Waals surface area contributed by atoms with E-state index in [4.69, 9.17) is 4.74 Å². The van der Waals surface area contributed by atoms with Crippen molar-refractivity contribution in [3.63, 3.8) is 0 Å². The van der Waals surface area contributed by atoms with Crippen molar-refractivity contribution in [2.75, 3.05) is 14.2 Å². The van der Waals surface area contributed by atoms with E-state index in [1.807, 2.05) is 20.9 Å². The SMILES string of the molecule is CNC(C)c1nnnn1CC(C)OC. The second-order valence-corrected chi connectivity index (χ2v) is 3.28. The molecule has 0 bridgehead atoms. The molecule has 1 aromatic heterocycles. The molecule has 0 fully saturated rings. The fourth-order valence-electron chi connectivity index (χ4n) is 1.10. The zero-order valence-electron chi connectivity index (χ0n) is 9.06. The maximum absolute atomic E-state index is 5.16. The minimum absolute atomic E-state index is 0.112. The minimum Gasteiger partial charge on any atom is -0.380 e. The molecule has 0 aliphatic rings. The Morgan fingerprint density at radius 1 is 1.50 bits per heavy atom. The molecule has 0 saturated carbocycles. The highest BCUT2D eigenvalue weighted by Gasteiger charge is 2.14. The van der Waals surface area contributed by atoms with Crippen molar-refractivity contribution in [1.29, 1.82) is 0 Å². The number of nitrogens with one attached hydrogen (secondary N) is 1. The van der Waals surface area contributed by atoms with Crippen LogP contribution < -0.4 is 5.32 Å². The predicted octanol–water partition coefficient (Wildman–Crippen LogP) is -0.0116. The van der Waals surface area contributed by atoms with Crippen LogP contribution in [0.5, 0.6) is 0 Å². The molecule has 2 atom stereocenters. The van der Waals surface area contributed by atoms with E-state index in [0.717, 1.165) is 5.82 Å². The first kappa shape index (κ1) is 11.1. The number of rotatable bonds is 5. The summed E-state index contributed by atoms with van der Waals surface area (Å²) in [5, 5.41) is 14.6. The molecule has 1 aromatic rings. The number of hydrogen-bond donors (Lipinski definition) is 1. The molecule has 0 radical (unpaired) electrons. The van der Waals surface area contributed by atoms with E-state index >= 15 is 0 Å². The van der Waals surface area contributed by atoms with Gasteiger partial charge in [-0.15, -0.1) is 5.10 Å². The minimum atomic E-state index is 0.112. The maximum atomic E-state index is 5.16. The fraction of sp³-hybridized carbons (Fsp3) is 0.875. The van der Waals surface area contributed by atoms with Crippen molar-refractivity contribution >= 4 is 0 Å². The molecular formula is C8H17N5O. The zero-order chi connectivity index (χ0) is 10.6. The average Bonchev–Trinajstić information content (AvgIpc) is 2.64. The van der Waals surface area contributed by atoms with Gasteiger partial charge in [-0.3, -0.25) is 0 Å². The molecule has 1 heterocycles. The van der Waals surface area contributed by atoms with Gasteiger partial charge in [0.05, 0.1) is 18.7 Å². The molecule has 6 nitrogen and oxygen atoms in total. The average molecular weight is 199 g/mol. The monoisotopic (exact) mass is 199 g/mol. The van der Waals surface area contributed by atoms with Gasteiger partial charge >= 0.3 is 0 Å². The Hall–Kier alpha value is -1.01. The van der Waals surface area contributed by atoms with Gasteiger partial charge in [-0.2, -0.15) is 0 Å². The van der Waals surface area contributed by atoms with Crippen molar-refractivity contribution in [1.82, 2.24) is 25.5 Å². The Kier molecular flexibility index (Phi) is 3.97. The molecule has 80 valence electrons.